The highest BCUT2D eigenvalue weighted by atomic mass is 127. The monoisotopic (exact) mass is 463 g/mol. The number of hydrogen-bond donors (Lipinski definition) is 2. The summed E-state index contributed by atoms with van der Waals surface area (Å²) in [6.45, 7) is 3.84. The van der Waals surface area contributed by atoms with Crippen molar-refractivity contribution < 1.29 is 14.3 Å². The number of nitrogens with one attached hydrogen (secondary N) is 2. The van der Waals surface area contributed by atoms with E-state index in [4.69, 9.17) is 4.74 Å². The Labute approximate surface area is 165 Å². The fraction of sp³-hybridized carbons (Fsp3) is 0.105. The second-order valence-corrected chi connectivity index (χ2v) is 6.29. The van der Waals surface area contributed by atoms with Gasteiger partial charge in [0.25, 0.3) is 11.8 Å². The zero-order valence-corrected chi connectivity index (χ0v) is 16.1. The number of carbonyl (C=O) groups excluding carboxylic acids is 2. The Bertz CT molecular complexity index is 821. The van der Waals surface area contributed by atoms with Crippen LogP contribution in [-0.2, 0) is 4.79 Å². The lowest BCUT2D eigenvalue weighted by Gasteiger charge is -2.06. The van der Waals surface area contributed by atoms with Crippen LogP contribution in [0.1, 0.15) is 15.9 Å². The van der Waals surface area contributed by atoms with E-state index in [9.17, 15) is 9.59 Å². The molecule has 2 rings (SSSR count). The summed E-state index contributed by atoms with van der Waals surface area (Å²) >= 11 is 2.07. The van der Waals surface area contributed by atoms with Crippen LogP contribution >= 0.6 is 22.6 Å². The number of amides is 2. The first kappa shape index (κ1) is 19.6. The van der Waals surface area contributed by atoms with Gasteiger partial charge in [-0.2, -0.15) is 5.10 Å². The molecule has 2 N–H and O–H groups in total. The zero-order valence-electron chi connectivity index (χ0n) is 13.9. The van der Waals surface area contributed by atoms with Gasteiger partial charge in [0, 0.05) is 3.57 Å². The third-order valence-corrected chi connectivity index (χ3v) is 4.10. The fourth-order valence-corrected chi connectivity index (χ4v) is 2.59. The van der Waals surface area contributed by atoms with Crippen LogP contribution in [0.15, 0.2) is 66.3 Å². The molecule has 0 aliphatic rings. The minimum absolute atomic E-state index is 0.163. The molecule has 0 aliphatic heterocycles. The van der Waals surface area contributed by atoms with E-state index in [1.54, 1.807) is 24.3 Å². The van der Waals surface area contributed by atoms with Crippen molar-refractivity contribution in [2.75, 3.05) is 13.2 Å². The number of hydrogen-bond acceptors (Lipinski definition) is 4. The van der Waals surface area contributed by atoms with Crippen molar-refractivity contribution in [3.8, 4) is 5.75 Å². The van der Waals surface area contributed by atoms with E-state index in [0.29, 0.717) is 17.9 Å². The van der Waals surface area contributed by atoms with E-state index in [1.807, 2.05) is 30.3 Å². The van der Waals surface area contributed by atoms with Crippen molar-refractivity contribution in [3.05, 3.63) is 75.9 Å². The average Bonchev–Trinajstić information content (AvgIpc) is 2.65. The minimum Gasteiger partial charge on any atom is -0.490 e. The number of halogens is 1. The van der Waals surface area contributed by atoms with Crippen molar-refractivity contribution >= 4 is 40.6 Å². The molecule has 0 saturated heterocycles. The fourth-order valence-electron chi connectivity index (χ4n) is 1.96. The van der Waals surface area contributed by atoms with E-state index in [1.165, 1.54) is 6.21 Å². The molecular weight excluding hydrogens is 445 g/mol. The van der Waals surface area contributed by atoms with Gasteiger partial charge in [-0.3, -0.25) is 9.59 Å². The number of carbonyl (C=O) groups is 2. The van der Waals surface area contributed by atoms with Crippen LogP contribution in [0.3, 0.4) is 0 Å². The van der Waals surface area contributed by atoms with E-state index < -0.39 is 5.91 Å². The summed E-state index contributed by atoms with van der Waals surface area (Å²) in [7, 11) is 0. The highest BCUT2D eigenvalue weighted by molar-refractivity contribution is 14.1. The standard InChI is InChI=1S/C19H18IN3O3/c1-2-10-26-15-7-5-6-14(11-15)12-22-23-18(24)13-21-19(25)16-8-3-4-9-17(16)20/h2-9,11-12H,1,10,13H2,(H,21,25)(H,23,24)/b22-12-. The topological polar surface area (TPSA) is 79.8 Å². The Hall–Kier alpha value is -2.68. The Balaban J connectivity index is 1.81. The molecule has 26 heavy (non-hydrogen) atoms. The summed E-state index contributed by atoms with van der Waals surface area (Å²) in [6.07, 6.45) is 3.16. The molecular formula is C19H18IN3O3. The third kappa shape index (κ3) is 6.32. The number of ether oxygens (including phenoxy) is 1. The predicted octanol–water partition coefficient (Wildman–Crippen LogP) is 2.74. The van der Waals surface area contributed by atoms with Gasteiger partial charge in [-0.05, 0) is 52.4 Å². The van der Waals surface area contributed by atoms with Crippen molar-refractivity contribution in [2.45, 2.75) is 0 Å². The molecule has 2 aromatic rings. The summed E-state index contributed by atoms with van der Waals surface area (Å²) in [5, 5.41) is 6.44. The van der Waals surface area contributed by atoms with Gasteiger partial charge in [0.2, 0.25) is 0 Å². The lowest BCUT2D eigenvalue weighted by atomic mass is 10.2. The van der Waals surface area contributed by atoms with Crippen LogP contribution in [0, 0.1) is 3.57 Å². The first-order chi connectivity index (χ1) is 12.6. The second-order valence-electron chi connectivity index (χ2n) is 5.13. The summed E-state index contributed by atoms with van der Waals surface area (Å²) in [6, 6.07) is 14.4. The lowest BCUT2D eigenvalue weighted by molar-refractivity contribution is -0.120. The smallest absolute Gasteiger partial charge is 0.259 e. The van der Waals surface area contributed by atoms with Gasteiger partial charge >= 0.3 is 0 Å². The highest BCUT2D eigenvalue weighted by Crippen LogP contribution is 2.12. The molecule has 0 atom stereocenters. The van der Waals surface area contributed by atoms with E-state index in [2.05, 4.69) is 45.0 Å². The van der Waals surface area contributed by atoms with Crippen LogP contribution in [0.2, 0.25) is 0 Å². The Kier molecular flexibility index (Phi) is 7.81. The van der Waals surface area contributed by atoms with Crippen molar-refractivity contribution in [1.82, 2.24) is 10.7 Å². The van der Waals surface area contributed by atoms with E-state index in [0.717, 1.165) is 9.13 Å². The molecule has 134 valence electrons. The molecule has 7 heteroatoms. The molecule has 0 bridgehead atoms. The summed E-state index contributed by atoms with van der Waals surface area (Å²) in [5.74, 6) is -0.0364. The van der Waals surface area contributed by atoms with Gasteiger partial charge in [0.05, 0.1) is 18.3 Å². The maximum Gasteiger partial charge on any atom is 0.259 e. The third-order valence-electron chi connectivity index (χ3n) is 3.16. The molecule has 2 aromatic carbocycles. The molecule has 0 saturated carbocycles. The SMILES string of the molecule is C=CCOc1cccc(/C=N\NC(=O)CNC(=O)c2ccccc2I)c1. The first-order valence-electron chi connectivity index (χ1n) is 7.78. The van der Waals surface area contributed by atoms with Crippen LogP contribution in [0.5, 0.6) is 5.75 Å². The first-order valence-corrected chi connectivity index (χ1v) is 8.86. The molecule has 0 heterocycles. The predicted molar refractivity (Wildman–Crippen MR) is 109 cm³/mol. The minimum atomic E-state index is -0.417. The van der Waals surface area contributed by atoms with Gasteiger partial charge in [-0.1, -0.05) is 36.9 Å². The van der Waals surface area contributed by atoms with Gasteiger partial charge in [0.1, 0.15) is 12.4 Å². The quantitative estimate of drug-likeness (QED) is 0.274. The zero-order chi connectivity index (χ0) is 18.8. The molecule has 0 aliphatic carbocycles. The Morgan fingerprint density at radius 2 is 2.00 bits per heavy atom. The maximum atomic E-state index is 12.0. The number of nitrogens with zero attached hydrogens (tertiary/aromatic N) is 1. The van der Waals surface area contributed by atoms with Gasteiger partial charge in [-0.15, -0.1) is 0 Å². The maximum absolute atomic E-state index is 12.0. The summed E-state index contributed by atoms with van der Waals surface area (Å²) in [5.41, 5.74) is 3.67. The summed E-state index contributed by atoms with van der Waals surface area (Å²) < 4.78 is 6.24. The van der Waals surface area contributed by atoms with E-state index >= 15 is 0 Å². The van der Waals surface area contributed by atoms with Crippen molar-refractivity contribution in [3.63, 3.8) is 0 Å². The number of rotatable bonds is 8. The lowest BCUT2D eigenvalue weighted by Crippen LogP contribution is -2.35. The molecule has 6 nitrogen and oxygen atoms in total. The molecule has 0 spiro atoms. The van der Waals surface area contributed by atoms with Gasteiger partial charge < -0.3 is 10.1 Å². The van der Waals surface area contributed by atoms with Crippen LogP contribution in [-0.4, -0.2) is 31.2 Å². The van der Waals surface area contributed by atoms with Crippen molar-refractivity contribution in [1.29, 1.82) is 0 Å². The van der Waals surface area contributed by atoms with Gasteiger partial charge in [0.15, 0.2) is 0 Å². The molecule has 0 radical (unpaired) electrons. The van der Waals surface area contributed by atoms with Crippen LogP contribution in [0.4, 0.5) is 0 Å². The second kappa shape index (κ2) is 10.3. The Morgan fingerprint density at radius 1 is 1.19 bits per heavy atom. The molecule has 2 amide bonds. The van der Waals surface area contributed by atoms with Gasteiger partial charge in [-0.25, -0.2) is 5.43 Å². The average molecular weight is 463 g/mol. The largest absolute Gasteiger partial charge is 0.490 e. The molecule has 0 fully saturated rings. The molecule has 0 unspecified atom stereocenters. The normalized spacial score (nSPS) is 10.3. The summed E-state index contributed by atoms with van der Waals surface area (Å²) in [4.78, 5) is 23.8. The molecule has 0 aromatic heterocycles. The number of hydrazone groups is 1. The van der Waals surface area contributed by atoms with Crippen LogP contribution < -0.4 is 15.5 Å². The number of benzene rings is 2. The van der Waals surface area contributed by atoms with E-state index in [-0.39, 0.29) is 12.5 Å². The van der Waals surface area contributed by atoms with Crippen molar-refractivity contribution in [2.24, 2.45) is 5.10 Å². The highest BCUT2D eigenvalue weighted by Gasteiger charge is 2.10. The van der Waals surface area contributed by atoms with Crippen LogP contribution in [0.25, 0.3) is 0 Å². The Morgan fingerprint density at radius 3 is 2.77 bits per heavy atom.